The number of aromatic nitrogens is 1. The van der Waals surface area contributed by atoms with Crippen molar-refractivity contribution in [3.8, 4) is 0 Å². The highest BCUT2D eigenvalue weighted by Crippen LogP contribution is 2.17. The molecule has 1 amide bonds. The number of benzene rings is 1. The maximum Gasteiger partial charge on any atom is 0.268 e. The molecule has 0 unspecified atom stereocenters. The zero-order valence-electron chi connectivity index (χ0n) is 13.0. The first kappa shape index (κ1) is 17.1. The predicted octanol–water partition coefficient (Wildman–Crippen LogP) is 2.07. The molecule has 0 aliphatic rings. The number of halogens is 2. The van der Waals surface area contributed by atoms with E-state index in [2.05, 4.69) is 5.32 Å². The van der Waals surface area contributed by atoms with Crippen LogP contribution in [0.4, 0.5) is 8.78 Å². The fraction of sp³-hybridized carbons (Fsp3) is 0.375. The zero-order chi connectivity index (χ0) is 17.0. The summed E-state index contributed by atoms with van der Waals surface area (Å²) in [5, 5.41) is 2.88. The van der Waals surface area contributed by atoms with Gasteiger partial charge in [-0.25, -0.2) is 8.78 Å². The lowest BCUT2D eigenvalue weighted by Crippen LogP contribution is -2.33. The van der Waals surface area contributed by atoms with Gasteiger partial charge in [-0.15, -0.1) is 0 Å². The number of carbonyl (C=O) groups excluding carboxylic acids is 1. The van der Waals surface area contributed by atoms with Gasteiger partial charge in [0, 0.05) is 20.2 Å². The first-order chi connectivity index (χ1) is 11.0. The van der Waals surface area contributed by atoms with E-state index in [0.29, 0.717) is 6.54 Å². The Kier molecular flexibility index (Phi) is 5.44. The highest BCUT2D eigenvalue weighted by Gasteiger charge is 2.17. The fourth-order valence-corrected chi connectivity index (χ4v) is 2.27. The molecule has 0 saturated heterocycles. The summed E-state index contributed by atoms with van der Waals surface area (Å²) >= 11 is 0. The van der Waals surface area contributed by atoms with Crippen LogP contribution in [0.5, 0.6) is 0 Å². The molecule has 5 nitrogen and oxygen atoms in total. The second-order valence-electron chi connectivity index (χ2n) is 5.09. The van der Waals surface area contributed by atoms with Gasteiger partial charge in [0.15, 0.2) is 11.6 Å². The molecule has 0 aliphatic heterocycles. The molecule has 0 radical (unpaired) electrons. The van der Waals surface area contributed by atoms with E-state index < -0.39 is 23.1 Å². The second-order valence-corrected chi connectivity index (χ2v) is 5.09. The molecule has 23 heavy (non-hydrogen) atoms. The number of methoxy groups -OCH3 is 1. The maximum absolute atomic E-state index is 13.4. The van der Waals surface area contributed by atoms with Crippen LogP contribution in [0, 0.1) is 11.6 Å². The van der Waals surface area contributed by atoms with Gasteiger partial charge in [-0.1, -0.05) is 6.92 Å². The summed E-state index contributed by atoms with van der Waals surface area (Å²) in [5.41, 5.74) is -0.459. The van der Waals surface area contributed by atoms with Gasteiger partial charge in [-0.2, -0.15) is 0 Å². The van der Waals surface area contributed by atoms with Gasteiger partial charge in [0.25, 0.3) is 11.5 Å². The van der Waals surface area contributed by atoms with Crippen LogP contribution in [-0.2, 0) is 11.3 Å². The van der Waals surface area contributed by atoms with Crippen LogP contribution in [0.25, 0.3) is 10.8 Å². The number of rotatable bonds is 6. The largest absolute Gasteiger partial charge is 0.383 e. The maximum atomic E-state index is 13.4. The van der Waals surface area contributed by atoms with Gasteiger partial charge in [-0.05, 0) is 30.0 Å². The molecule has 0 bridgehead atoms. The predicted molar refractivity (Wildman–Crippen MR) is 82.6 cm³/mol. The van der Waals surface area contributed by atoms with E-state index in [0.717, 1.165) is 18.6 Å². The average molecular weight is 324 g/mol. The van der Waals surface area contributed by atoms with Gasteiger partial charge >= 0.3 is 0 Å². The van der Waals surface area contributed by atoms with E-state index in [4.69, 9.17) is 4.74 Å². The molecular formula is C16H18F2N2O3. The average Bonchev–Trinajstić information content (AvgIpc) is 2.53. The molecule has 1 aromatic carbocycles. The molecule has 0 atom stereocenters. The standard InChI is InChI=1S/C16H18F2N2O3/c1-3-4-19-15(21)14-8-10-7-12(17)13(18)9-11(10)16(22)20(14)5-6-23-2/h7-9H,3-6H2,1-2H3,(H,19,21). The van der Waals surface area contributed by atoms with Gasteiger partial charge in [0.1, 0.15) is 5.69 Å². The smallest absolute Gasteiger partial charge is 0.268 e. The minimum Gasteiger partial charge on any atom is -0.383 e. The van der Waals surface area contributed by atoms with Crippen LogP contribution in [0.3, 0.4) is 0 Å². The lowest BCUT2D eigenvalue weighted by atomic mass is 10.1. The lowest BCUT2D eigenvalue weighted by molar-refractivity contribution is 0.0940. The molecule has 1 aromatic heterocycles. The van der Waals surface area contributed by atoms with Crippen molar-refractivity contribution in [1.29, 1.82) is 0 Å². The summed E-state index contributed by atoms with van der Waals surface area (Å²) in [7, 11) is 1.47. The lowest BCUT2D eigenvalue weighted by Gasteiger charge is -2.14. The van der Waals surface area contributed by atoms with Crippen molar-refractivity contribution in [3.63, 3.8) is 0 Å². The number of nitrogens with one attached hydrogen (secondary N) is 1. The van der Waals surface area contributed by atoms with Crippen molar-refractivity contribution in [1.82, 2.24) is 9.88 Å². The van der Waals surface area contributed by atoms with Crippen molar-refractivity contribution in [2.45, 2.75) is 19.9 Å². The Morgan fingerprint density at radius 2 is 1.96 bits per heavy atom. The van der Waals surface area contributed by atoms with Crippen molar-refractivity contribution in [2.24, 2.45) is 0 Å². The van der Waals surface area contributed by atoms with Crippen molar-refractivity contribution in [2.75, 3.05) is 20.3 Å². The number of nitrogens with zero attached hydrogens (tertiary/aromatic N) is 1. The number of carbonyl (C=O) groups is 1. The van der Waals surface area contributed by atoms with E-state index in [1.54, 1.807) is 0 Å². The highest BCUT2D eigenvalue weighted by molar-refractivity contribution is 5.96. The third-order valence-corrected chi connectivity index (χ3v) is 3.44. The molecule has 0 fully saturated rings. The summed E-state index contributed by atoms with van der Waals surface area (Å²) in [6.07, 6.45) is 0.738. The SMILES string of the molecule is CCCNC(=O)c1cc2cc(F)c(F)cc2c(=O)n1CCOC. The van der Waals surface area contributed by atoms with Crippen molar-refractivity contribution >= 4 is 16.7 Å². The Bertz CT molecular complexity index is 787. The minimum absolute atomic E-state index is 0.0204. The summed E-state index contributed by atoms with van der Waals surface area (Å²) in [5.74, 6) is -2.60. The van der Waals surface area contributed by atoms with Crippen LogP contribution in [-0.4, -0.2) is 30.7 Å². The molecule has 2 rings (SSSR count). The molecule has 124 valence electrons. The summed E-state index contributed by atoms with van der Waals surface area (Å²) in [6.45, 7) is 2.70. The van der Waals surface area contributed by atoms with Crippen LogP contribution in [0.1, 0.15) is 23.8 Å². The van der Waals surface area contributed by atoms with Crippen LogP contribution in [0.2, 0.25) is 0 Å². The number of fused-ring (bicyclic) bond motifs is 1. The number of ether oxygens (including phenoxy) is 1. The van der Waals surface area contributed by atoms with E-state index in [9.17, 15) is 18.4 Å². The fourth-order valence-electron chi connectivity index (χ4n) is 2.27. The topological polar surface area (TPSA) is 60.3 Å². The normalized spacial score (nSPS) is 11.0. The third-order valence-electron chi connectivity index (χ3n) is 3.44. The van der Waals surface area contributed by atoms with E-state index in [-0.39, 0.29) is 29.6 Å². The summed E-state index contributed by atoms with van der Waals surface area (Å²) < 4.78 is 33.0. The molecule has 0 aliphatic carbocycles. The molecule has 0 spiro atoms. The Labute approximate surface area is 131 Å². The third kappa shape index (κ3) is 3.56. The molecular weight excluding hydrogens is 306 g/mol. The van der Waals surface area contributed by atoms with E-state index in [1.165, 1.54) is 17.7 Å². The first-order valence-corrected chi connectivity index (χ1v) is 7.29. The van der Waals surface area contributed by atoms with Gasteiger partial charge in [0.2, 0.25) is 0 Å². The van der Waals surface area contributed by atoms with E-state index >= 15 is 0 Å². The Morgan fingerprint density at radius 1 is 1.26 bits per heavy atom. The van der Waals surface area contributed by atoms with Crippen LogP contribution >= 0.6 is 0 Å². The summed E-state index contributed by atoms with van der Waals surface area (Å²) in [6, 6.07) is 3.16. The second kappa shape index (κ2) is 7.32. The molecule has 1 heterocycles. The van der Waals surface area contributed by atoms with Gasteiger partial charge < -0.3 is 14.6 Å². The number of amides is 1. The Morgan fingerprint density at radius 3 is 2.61 bits per heavy atom. The van der Waals surface area contributed by atoms with Gasteiger partial charge in [-0.3, -0.25) is 9.59 Å². The highest BCUT2D eigenvalue weighted by atomic mass is 19.2. The molecule has 2 aromatic rings. The first-order valence-electron chi connectivity index (χ1n) is 7.29. The molecule has 7 heteroatoms. The molecule has 0 saturated carbocycles. The monoisotopic (exact) mass is 324 g/mol. The van der Waals surface area contributed by atoms with Gasteiger partial charge in [0.05, 0.1) is 12.0 Å². The summed E-state index contributed by atoms with van der Waals surface area (Å²) in [4.78, 5) is 24.8. The molecule has 1 N–H and O–H groups in total. The minimum atomic E-state index is -1.10. The van der Waals surface area contributed by atoms with E-state index in [1.807, 2.05) is 6.92 Å². The number of hydrogen-bond donors (Lipinski definition) is 1. The van der Waals surface area contributed by atoms with Crippen molar-refractivity contribution in [3.05, 3.63) is 45.9 Å². The van der Waals surface area contributed by atoms with Crippen molar-refractivity contribution < 1.29 is 18.3 Å². The quantitative estimate of drug-likeness (QED) is 0.885. The van der Waals surface area contributed by atoms with Crippen LogP contribution in [0.15, 0.2) is 23.0 Å². The number of pyridine rings is 1. The van der Waals surface area contributed by atoms with Crippen LogP contribution < -0.4 is 10.9 Å². The Hall–Kier alpha value is -2.28. The zero-order valence-corrected chi connectivity index (χ0v) is 13.0. The Balaban J connectivity index is 2.64. The number of hydrogen-bond acceptors (Lipinski definition) is 3.